The van der Waals surface area contributed by atoms with Crippen molar-refractivity contribution in [1.82, 2.24) is 15.0 Å². The summed E-state index contributed by atoms with van der Waals surface area (Å²) in [5.41, 5.74) is 3.82. The van der Waals surface area contributed by atoms with Crippen LogP contribution in [0.4, 0.5) is 0 Å². The van der Waals surface area contributed by atoms with Crippen molar-refractivity contribution >= 4 is 11.5 Å². The highest BCUT2D eigenvalue weighted by Gasteiger charge is 2.15. The van der Waals surface area contributed by atoms with Gasteiger partial charge in [-0.3, -0.25) is 11.3 Å². The molecule has 0 aromatic carbocycles. The van der Waals surface area contributed by atoms with Gasteiger partial charge >= 0.3 is 0 Å². The average Bonchev–Trinajstić information content (AvgIpc) is 2.53. The zero-order valence-corrected chi connectivity index (χ0v) is 9.77. The van der Waals surface area contributed by atoms with Crippen LogP contribution in [-0.2, 0) is 0 Å². The second kappa shape index (κ2) is 5.38. The smallest absolute Gasteiger partial charge is 0.0773 e. The summed E-state index contributed by atoms with van der Waals surface area (Å²) in [5.74, 6) is 6.22. The Bertz CT molecular complexity index is 272. The van der Waals surface area contributed by atoms with E-state index >= 15 is 0 Å². The standard InChI is InChI=1S/C9H18N4S/c1-6(2)4-5-8(11-10)9-7(3)12-13-14-9/h6,8,11H,4-5,10H2,1-3H3. The van der Waals surface area contributed by atoms with Crippen molar-refractivity contribution in [3.05, 3.63) is 10.6 Å². The topological polar surface area (TPSA) is 63.8 Å². The number of rotatable bonds is 5. The SMILES string of the molecule is Cc1nnsc1C(CCC(C)C)NN. The third-order valence-corrected chi connectivity index (χ3v) is 3.18. The predicted octanol–water partition coefficient (Wildman–Crippen LogP) is 1.79. The molecule has 0 saturated carbocycles. The summed E-state index contributed by atoms with van der Waals surface area (Å²) in [4.78, 5) is 1.16. The molecule has 0 spiro atoms. The minimum Gasteiger partial charge on any atom is -0.271 e. The van der Waals surface area contributed by atoms with Gasteiger partial charge in [-0.25, -0.2) is 0 Å². The highest BCUT2D eigenvalue weighted by Crippen LogP contribution is 2.24. The summed E-state index contributed by atoms with van der Waals surface area (Å²) < 4.78 is 3.91. The molecule has 1 aromatic heterocycles. The number of nitrogens with zero attached hydrogens (tertiary/aromatic N) is 2. The van der Waals surface area contributed by atoms with Crippen LogP contribution in [-0.4, -0.2) is 9.59 Å². The number of nitrogens with one attached hydrogen (secondary N) is 1. The van der Waals surface area contributed by atoms with Crippen molar-refractivity contribution < 1.29 is 0 Å². The van der Waals surface area contributed by atoms with Crippen LogP contribution in [0.1, 0.15) is 43.3 Å². The van der Waals surface area contributed by atoms with Crippen LogP contribution in [0.25, 0.3) is 0 Å². The van der Waals surface area contributed by atoms with Crippen molar-refractivity contribution in [1.29, 1.82) is 0 Å². The highest BCUT2D eigenvalue weighted by molar-refractivity contribution is 7.05. The number of hydrazine groups is 1. The first-order chi connectivity index (χ1) is 6.65. The molecule has 0 amide bonds. The Morgan fingerprint density at radius 1 is 1.43 bits per heavy atom. The molecule has 0 fully saturated rings. The van der Waals surface area contributed by atoms with Gasteiger partial charge in [-0.2, -0.15) is 0 Å². The van der Waals surface area contributed by atoms with E-state index in [4.69, 9.17) is 5.84 Å². The maximum Gasteiger partial charge on any atom is 0.0773 e. The molecular formula is C9H18N4S. The monoisotopic (exact) mass is 214 g/mol. The van der Waals surface area contributed by atoms with Crippen molar-refractivity contribution in [2.45, 2.75) is 39.7 Å². The summed E-state index contributed by atoms with van der Waals surface area (Å²) in [6, 6.07) is 0.206. The largest absolute Gasteiger partial charge is 0.271 e. The van der Waals surface area contributed by atoms with Crippen LogP contribution >= 0.6 is 11.5 Å². The zero-order valence-electron chi connectivity index (χ0n) is 8.95. The maximum atomic E-state index is 5.52. The molecule has 0 bridgehead atoms. The highest BCUT2D eigenvalue weighted by atomic mass is 32.1. The van der Waals surface area contributed by atoms with Crippen molar-refractivity contribution in [2.24, 2.45) is 11.8 Å². The van der Waals surface area contributed by atoms with E-state index in [1.165, 1.54) is 11.5 Å². The quantitative estimate of drug-likeness (QED) is 0.579. The van der Waals surface area contributed by atoms with Gasteiger partial charge < -0.3 is 0 Å². The van der Waals surface area contributed by atoms with E-state index in [1.54, 1.807) is 0 Å². The molecule has 1 aromatic rings. The summed E-state index contributed by atoms with van der Waals surface area (Å²) in [5, 5.41) is 3.99. The lowest BCUT2D eigenvalue weighted by atomic mass is 10.0. The molecule has 80 valence electrons. The van der Waals surface area contributed by atoms with E-state index in [0.29, 0.717) is 5.92 Å². The Hall–Kier alpha value is -0.520. The number of hydrogen-bond donors (Lipinski definition) is 2. The Kier molecular flexibility index (Phi) is 4.44. The third-order valence-electron chi connectivity index (χ3n) is 2.24. The Balaban J connectivity index is 2.58. The normalized spacial score (nSPS) is 13.5. The first-order valence-electron chi connectivity index (χ1n) is 4.90. The molecule has 1 heterocycles. The van der Waals surface area contributed by atoms with Crippen molar-refractivity contribution in [3.8, 4) is 0 Å². The molecule has 3 N–H and O–H groups in total. The lowest BCUT2D eigenvalue weighted by Gasteiger charge is -2.15. The summed E-state index contributed by atoms with van der Waals surface area (Å²) in [7, 11) is 0. The van der Waals surface area contributed by atoms with Gasteiger partial charge in [-0.05, 0) is 37.2 Å². The van der Waals surface area contributed by atoms with Gasteiger partial charge in [0.05, 0.1) is 16.6 Å². The van der Waals surface area contributed by atoms with Gasteiger partial charge in [0.1, 0.15) is 0 Å². The molecule has 0 saturated heterocycles. The van der Waals surface area contributed by atoms with Gasteiger partial charge in [0.25, 0.3) is 0 Å². The van der Waals surface area contributed by atoms with E-state index in [9.17, 15) is 0 Å². The molecule has 4 nitrogen and oxygen atoms in total. The van der Waals surface area contributed by atoms with Crippen LogP contribution in [0.3, 0.4) is 0 Å². The lowest BCUT2D eigenvalue weighted by molar-refractivity contribution is 0.451. The van der Waals surface area contributed by atoms with E-state index in [1.807, 2.05) is 6.92 Å². The molecule has 0 radical (unpaired) electrons. The molecule has 0 aliphatic heterocycles. The van der Waals surface area contributed by atoms with Crippen LogP contribution < -0.4 is 11.3 Å². The van der Waals surface area contributed by atoms with E-state index in [0.717, 1.165) is 23.4 Å². The van der Waals surface area contributed by atoms with Crippen molar-refractivity contribution in [3.63, 3.8) is 0 Å². The van der Waals surface area contributed by atoms with E-state index in [-0.39, 0.29) is 6.04 Å². The number of nitrogens with two attached hydrogens (primary N) is 1. The molecule has 14 heavy (non-hydrogen) atoms. The predicted molar refractivity (Wildman–Crippen MR) is 58.8 cm³/mol. The van der Waals surface area contributed by atoms with Crippen molar-refractivity contribution in [2.75, 3.05) is 0 Å². The van der Waals surface area contributed by atoms with Gasteiger partial charge in [-0.1, -0.05) is 18.3 Å². The molecule has 5 heteroatoms. The minimum atomic E-state index is 0.206. The van der Waals surface area contributed by atoms with Crippen LogP contribution in [0.2, 0.25) is 0 Å². The van der Waals surface area contributed by atoms with Crippen LogP contribution in [0, 0.1) is 12.8 Å². The lowest BCUT2D eigenvalue weighted by Crippen LogP contribution is -2.28. The Morgan fingerprint density at radius 2 is 2.14 bits per heavy atom. The van der Waals surface area contributed by atoms with Gasteiger partial charge in [0, 0.05) is 0 Å². The molecule has 0 aliphatic rings. The van der Waals surface area contributed by atoms with Gasteiger partial charge in [0.15, 0.2) is 0 Å². The molecular weight excluding hydrogens is 196 g/mol. The number of hydrogen-bond acceptors (Lipinski definition) is 5. The molecule has 1 rings (SSSR count). The van der Waals surface area contributed by atoms with Gasteiger partial charge in [0.2, 0.25) is 0 Å². The summed E-state index contributed by atoms with van der Waals surface area (Å²) in [6.07, 6.45) is 2.20. The number of aromatic nitrogens is 2. The Labute approximate surface area is 89.0 Å². The first kappa shape index (κ1) is 11.6. The van der Waals surface area contributed by atoms with E-state index < -0.39 is 0 Å². The molecule has 1 unspecified atom stereocenters. The second-order valence-electron chi connectivity index (χ2n) is 3.91. The first-order valence-corrected chi connectivity index (χ1v) is 5.67. The average molecular weight is 214 g/mol. The Morgan fingerprint density at radius 3 is 2.57 bits per heavy atom. The summed E-state index contributed by atoms with van der Waals surface area (Å²) >= 11 is 1.43. The third kappa shape index (κ3) is 3.01. The zero-order chi connectivity index (χ0) is 10.6. The van der Waals surface area contributed by atoms with E-state index in [2.05, 4.69) is 28.9 Å². The summed E-state index contributed by atoms with van der Waals surface area (Å²) in [6.45, 7) is 6.40. The van der Waals surface area contributed by atoms with Gasteiger partial charge in [-0.15, -0.1) is 5.10 Å². The fraction of sp³-hybridized carbons (Fsp3) is 0.778. The van der Waals surface area contributed by atoms with Crippen LogP contribution in [0.5, 0.6) is 0 Å². The maximum absolute atomic E-state index is 5.52. The fourth-order valence-electron chi connectivity index (χ4n) is 1.35. The second-order valence-corrected chi connectivity index (χ2v) is 4.70. The molecule has 0 aliphatic carbocycles. The minimum absolute atomic E-state index is 0.206. The molecule has 1 atom stereocenters. The number of aryl methyl sites for hydroxylation is 1. The van der Waals surface area contributed by atoms with Crippen LogP contribution in [0.15, 0.2) is 0 Å². The fourth-order valence-corrected chi connectivity index (χ4v) is 2.08.